The zero-order valence-electron chi connectivity index (χ0n) is 47.5. The lowest BCUT2D eigenvalue weighted by atomic mass is 9.85. The average Bonchev–Trinajstić information content (AvgIpc) is 4.07. The van der Waals surface area contributed by atoms with Crippen molar-refractivity contribution in [2.24, 2.45) is 10.8 Å². The number of unbranched alkanes of at least 4 members (excludes halogenated alkanes) is 5. The number of nitrogens with one attached hydrogen (secondary N) is 4. The summed E-state index contributed by atoms with van der Waals surface area (Å²) in [6.45, 7) is 18.3. The Bertz CT molecular complexity index is 2430. The van der Waals surface area contributed by atoms with Crippen LogP contribution in [0.3, 0.4) is 0 Å². The largest absolute Gasteiger partial charge is 0.342 e. The van der Waals surface area contributed by atoms with Gasteiger partial charge in [-0.2, -0.15) is 0 Å². The molecule has 76 heavy (non-hydrogen) atoms. The summed E-state index contributed by atoms with van der Waals surface area (Å²) in [7, 11) is 3.45. The molecular formula is C62H90N8O6. The molecule has 6 amide bonds. The first-order valence-electron chi connectivity index (χ1n) is 28.3. The first-order chi connectivity index (χ1) is 36.2. The molecule has 0 unspecified atom stereocenters. The van der Waals surface area contributed by atoms with Gasteiger partial charge in [0.1, 0.15) is 12.1 Å². The zero-order chi connectivity index (χ0) is 55.2. The van der Waals surface area contributed by atoms with E-state index in [4.69, 9.17) is 0 Å². The van der Waals surface area contributed by atoms with E-state index in [-0.39, 0.29) is 47.5 Å². The number of carbonyl (C=O) groups excluding carboxylic acids is 6. The summed E-state index contributed by atoms with van der Waals surface area (Å²) in [5.41, 5.74) is 1.04. The van der Waals surface area contributed by atoms with Crippen molar-refractivity contribution in [3.05, 3.63) is 96.1 Å². The van der Waals surface area contributed by atoms with Crippen molar-refractivity contribution in [3.63, 3.8) is 0 Å². The lowest BCUT2D eigenvalue weighted by Crippen LogP contribution is -2.59. The van der Waals surface area contributed by atoms with Crippen molar-refractivity contribution < 1.29 is 28.8 Å². The van der Waals surface area contributed by atoms with Crippen LogP contribution < -0.4 is 21.3 Å². The van der Waals surface area contributed by atoms with Crippen LogP contribution in [0, 0.1) is 10.8 Å². The van der Waals surface area contributed by atoms with Crippen LogP contribution in [0.5, 0.6) is 0 Å². The van der Waals surface area contributed by atoms with E-state index < -0.39 is 35.0 Å². The van der Waals surface area contributed by atoms with E-state index >= 15 is 0 Å². The van der Waals surface area contributed by atoms with Gasteiger partial charge in [0.05, 0.1) is 12.1 Å². The summed E-state index contributed by atoms with van der Waals surface area (Å²) in [5, 5.41) is 16.5. The SMILES string of the molecule is CN[C@@H](C)C(=O)N[C@H](C(=O)N1CCC[C@H]1CN(Cc1ccc2ccccc2c1)C(=O)CCCCCCCCC(=O)N(Cc1ccc2ccccc2c1)C[C@@H]1CCCN1C(=O)[C@@H](NC(=O)[C@H](C)NC)C(C)(C)C)C(C)(C)C. The Hall–Kier alpha value is -5.86. The van der Waals surface area contributed by atoms with Gasteiger partial charge < -0.3 is 40.9 Å². The fourth-order valence-corrected chi connectivity index (χ4v) is 10.8. The number of hydrogen-bond acceptors (Lipinski definition) is 8. The highest BCUT2D eigenvalue weighted by molar-refractivity contribution is 5.92. The Morgan fingerprint density at radius 3 is 1.24 bits per heavy atom. The van der Waals surface area contributed by atoms with Gasteiger partial charge in [0.25, 0.3) is 0 Å². The van der Waals surface area contributed by atoms with Crippen molar-refractivity contribution in [2.75, 3.05) is 40.3 Å². The molecule has 6 atom stereocenters. The second-order valence-corrected chi connectivity index (χ2v) is 23.8. The van der Waals surface area contributed by atoms with Crippen molar-refractivity contribution >= 4 is 57.0 Å². The first kappa shape index (κ1) is 59.4. The molecule has 2 heterocycles. The van der Waals surface area contributed by atoms with Gasteiger partial charge >= 0.3 is 0 Å². The molecule has 414 valence electrons. The van der Waals surface area contributed by atoms with E-state index in [2.05, 4.69) is 81.9 Å². The fraction of sp³-hybridized carbons (Fsp3) is 0.581. The Labute approximate surface area is 453 Å². The summed E-state index contributed by atoms with van der Waals surface area (Å²) in [6.07, 6.45) is 9.18. The summed E-state index contributed by atoms with van der Waals surface area (Å²) < 4.78 is 0. The zero-order valence-corrected chi connectivity index (χ0v) is 47.5. The normalized spacial score (nSPS) is 17.6. The number of hydrogen-bond donors (Lipinski definition) is 4. The van der Waals surface area contributed by atoms with Gasteiger partial charge in [0.15, 0.2) is 0 Å². The maximum Gasteiger partial charge on any atom is 0.246 e. The molecule has 2 saturated heterocycles. The molecule has 4 aromatic carbocycles. The van der Waals surface area contributed by atoms with Crippen LogP contribution in [0.2, 0.25) is 0 Å². The topological polar surface area (TPSA) is 163 Å². The molecule has 4 N–H and O–H groups in total. The van der Waals surface area contributed by atoms with Gasteiger partial charge in [-0.25, -0.2) is 0 Å². The van der Waals surface area contributed by atoms with E-state index in [1.54, 1.807) is 27.9 Å². The third-order valence-electron chi connectivity index (χ3n) is 15.7. The van der Waals surface area contributed by atoms with Gasteiger partial charge in [-0.15, -0.1) is 0 Å². The molecule has 6 rings (SSSR count). The lowest BCUT2D eigenvalue weighted by Gasteiger charge is -2.37. The lowest BCUT2D eigenvalue weighted by molar-refractivity contribution is -0.142. The smallest absolute Gasteiger partial charge is 0.246 e. The molecule has 0 aromatic heterocycles. The second kappa shape index (κ2) is 27.5. The van der Waals surface area contributed by atoms with Crippen LogP contribution in [0.4, 0.5) is 0 Å². The Morgan fingerprint density at radius 2 is 0.882 bits per heavy atom. The summed E-state index contributed by atoms with van der Waals surface area (Å²) >= 11 is 0. The quantitative estimate of drug-likeness (QED) is 0.0479. The number of likely N-dealkylation sites (N-methyl/N-ethyl adjacent to an activating group) is 2. The van der Waals surface area contributed by atoms with E-state index in [9.17, 15) is 28.8 Å². The van der Waals surface area contributed by atoms with Gasteiger partial charge in [-0.05, 0) is 122 Å². The first-order valence-corrected chi connectivity index (χ1v) is 28.3. The second-order valence-electron chi connectivity index (χ2n) is 23.8. The minimum Gasteiger partial charge on any atom is -0.342 e. The Kier molecular flexibility index (Phi) is 21.5. The average molecular weight is 1040 g/mol. The molecule has 0 bridgehead atoms. The number of benzene rings is 4. The van der Waals surface area contributed by atoms with Crippen LogP contribution in [0.1, 0.15) is 144 Å². The van der Waals surface area contributed by atoms with Crippen LogP contribution in [-0.2, 0) is 41.9 Å². The van der Waals surface area contributed by atoms with Gasteiger partial charge in [-0.3, -0.25) is 28.8 Å². The number of carbonyl (C=O) groups is 6. The maximum absolute atomic E-state index is 14.4. The summed E-state index contributed by atoms with van der Waals surface area (Å²) in [6, 6.07) is 26.5. The molecule has 4 aromatic rings. The minimum atomic E-state index is -0.713. The van der Waals surface area contributed by atoms with Crippen LogP contribution in [0.25, 0.3) is 21.5 Å². The van der Waals surface area contributed by atoms with Crippen LogP contribution >= 0.6 is 0 Å². The molecule has 2 aliphatic rings. The molecule has 2 aliphatic heterocycles. The number of fused-ring (bicyclic) bond motifs is 2. The Morgan fingerprint density at radius 1 is 0.526 bits per heavy atom. The van der Waals surface area contributed by atoms with E-state index in [1.807, 2.05) is 85.4 Å². The van der Waals surface area contributed by atoms with Crippen molar-refractivity contribution in [1.82, 2.24) is 40.9 Å². The third-order valence-corrected chi connectivity index (χ3v) is 15.7. The standard InChI is InChI=1S/C62H90N8O6/c1-43(63-9)57(73)65-55(61(3,4)5)59(75)69-35-21-27-51(69)41-67(39-45-31-33-47-23-17-19-25-49(47)37-45)53(71)29-15-13-11-12-14-16-30-54(72)68(40-46-32-34-48-24-18-20-26-50(48)38-46)42-52-28-22-36-70(52)60(76)56(62(6,7)8)66-58(74)44(2)64-10/h17-20,23-26,31-34,37-38,43-44,51-52,55-56,63-64H,11-16,21-22,27-30,35-36,39-42H2,1-10H3,(H,65,73)(H,66,74)/t43-,44-,51-,52-,55+,56+/m0/s1. The highest BCUT2D eigenvalue weighted by atomic mass is 16.2. The Balaban J connectivity index is 1.05. The molecule has 14 nitrogen and oxygen atoms in total. The number of nitrogens with zero attached hydrogens (tertiary/aromatic N) is 4. The van der Waals surface area contributed by atoms with Gasteiger partial charge in [0, 0.05) is 64.2 Å². The fourth-order valence-electron chi connectivity index (χ4n) is 10.8. The van der Waals surface area contributed by atoms with Crippen LogP contribution in [0.15, 0.2) is 84.9 Å². The van der Waals surface area contributed by atoms with E-state index in [1.165, 1.54) is 0 Å². The summed E-state index contributed by atoms with van der Waals surface area (Å²) in [5.74, 6) is -0.524. The highest BCUT2D eigenvalue weighted by Crippen LogP contribution is 2.30. The maximum atomic E-state index is 14.4. The number of amides is 6. The third kappa shape index (κ3) is 16.3. The van der Waals surface area contributed by atoms with Crippen LogP contribution in [-0.4, -0.2) is 132 Å². The number of likely N-dealkylation sites (tertiary alicyclic amines) is 2. The van der Waals surface area contributed by atoms with Gasteiger partial charge in [0.2, 0.25) is 35.4 Å². The predicted molar refractivity (Wildman–Crippen MR) is 305 cm³/mol. The molecule has 14 heteroatoms. The van der Waals surface area contributed by atoms with Crippen molar-refractivity contribution in [1.29, 1.82) is 0 Å². The highest BCUT2D eigenvalue weighted by Gasteiger charge is 2.42. The molecular weight excluding hydrogens is 953 g/mol. The monoisotopic (exact) mass is 1040 g/mol. The molecule has 0 radical (unpaired) electrons. The molecule has 0 spiro atoms. The molecule has 0 aliphatic carbocycles. The molecule has 2 fully saturated rings. The van der Waals surface area contributed by atoms with Crippen molar-refractivity contribution in [2.45, 2.75) is 182 Å². The van der Waals surface area contributed by atoms with Gasteiger partial charge in [-0.1, -0.05) is 140 Å². The summed E-state index contributed by atoms with van der Waals surface area (Å²) in [4.78, 5) is 91.1. The number of rotatable bonds is 25. The minimum absolute atomic E-state index is 0.0673. The van der Waals surface area contributed by atoms with E-state index in [0.717, 1.165) is 96.9 Å². The van der Waals surface area contributed by atoms with Crippen molar-refractivity contribution in [3.8, 4) is 0 Å². The van der Waals surface area contributed by atoms with E-state index in [0.29, 0.717) is 52.1 Å². The predicted octanol–water partition coefficient (Wildman–Crippen LogP) is 8.73. The molecule has 0 saturated carbocycles.